The van der Waals surface area contributed by atoms with Crippen molar-refractivity contribution >= 4 is 0 Å². The summed E-state index contributed by atoms with van der Waals surface area (Å²) in [5, 5.41) is 37.8. The summed E-state index contributed by atoms with van der Waals surface area (Å²) in [6, 6.07) is 0. The number of aliphatic hydroxyl groups is 4. The fourth-order valence-electron chi connectivity index (χ4n) is 1.94. The largest absolute Gasteiger partial charge is 0.394 e. The van der Waals surface area contributed by atoms with E-state index in [9.17, 15) is 15.3 Å². The first kappa shape index (κ1) is 15.8. The minimum absolute atomic E-state index is 0.262. The second-order valence-corrected chi connectivity index (χ2v) is 4.66. The highest BCUT2D eigenvalue weighted by molar-refractivity contribution is 4.90. The lowest BCUT2D eigenvalue weighted by Crippen LogP contribution is -2.41. The third-order valence-electron chi connectivity index (χ3n) is 3.04. The van der Waals surface area contributed by atoms with Crippen LogP contribution in [0.4, 0.5) is 0 Å². The Morgan fingerprint density at radius 1 is 1.28 bits per heavy atom. The Morgan fingerprint density at radius 2 is 1.89 bits per heavy atom. The molecule has 0 amide bonds. The molecular weight excluding hydrogens is 242 g/mol. The molecule has 4 N–H and O–H groups in total. The Hall–Kier alpha value is -0.280. The minimum Gasteiger partial charge on any atom is -0.394 e. The summed E-state index contributed by atoms with van der Waals surface area (Å²) < 4.78 is 10.8. The Bertz CT molecular complexity index is 252. The molecule has 1 rings (SSSR count). The van der Waals surface area contributed by atoms with Crippen LogP contribution in [0.25, 0.3) is 0 Å². The molecule has 6 atom stereocenters. The summed E-state index contributed by atoms with van der Waals surface area (Å²) in [5.74, 6) is 0. The van der Waals surface area contributed by atoms with E-state index in [4.69, 9.17) is 14.6 Å². The van der Waals surface area contributed by atoms with Crippen LogP contribution in [0.2, 0.25) is 0 Å². The van der Waals surface area contributed by atoms with E-state index in [1.54, 1.807) is 0 Å². The molecule has 1 saturated heterocycles. The monoisotopic (exact) mass is 265 g/mol. The number of hydrogen-bond donors (Lipinski definition) is 4. The van der Waals surface area contributed by atoms with E-state index in [1.165, 1.54) is 0 Å². The summed E-state index contributed by atoms with van der Waals surface area (Å²) in [5.41, 5.74) is 0. The van der Waals surface area contributed by atoms with Crippen molar-refractivity contribution in [2.45, 2.75) is 50.3 Å². The summed E-state index contributed by atoms with van der Waals surface area (Å²) in [7, 11) is 3.65. The van der Waals surface area contributed by atoms with Gasteiger partial charge in [-0.25, -0.2) is 0 Å². The van der Waals surface area contributed by atoms with E-state index in [0.29, 0.717) is 6.42 Å². The SMILES string of the molecule is CCC(O[C@H]1O[C@H]([C@H](O)CO)[C@@H](O)[C@H]1O)N(C)C. The summed E-state index contributed by atoms with van der Waals surface area (Å²) in [6.45, 7) is 1.37. The third-order valence-corrected chi connectivity index (χ3v) is 3.04. The molecule has 7 heteroatoms. The second-order valence-electron chi connectivity index (χ2n) is 4.66. The predicted molar refractivity (Wildman–Crippen MR) is 62.6 cm³/mol. The van der Waals surface area contributed by atoms with Gasteiger partial charge in [0.15, 0.2) is 6.29 Å². The summed E-state index contributed by atoms with van der Waals surface area (Å²) in [6.07, 6.45) is -5.41. The molecule has 0 aromatic rings. The first-order chi connectivity index (χ1) is 8.42. The number of rotatable bonds is 6. The molecule has 0 spiro atoms. The van der Waals surface area contributed by atoms with Gasteiger partial charge in [0.05, 0.1) is 6.61 Å². The number of aliphatic hydroxyl groups excluding tert-OH is 4. The van der Waals surface area contributed by atoms with Crippen LogP contribution < -0.4 is 0 Å². The molecule has 108 valence electrons. The van der Waals surface area contributed by atoms with Gasteiger partial charge in [0.2, 0.25) is 0 Å². The Balaban J connectivity index is 2.63. The van der Waals surface area contributed by atoms with E-state index in [1.807, 2.05) is 25.9 Å². The molecule has 1 aliphatic heterocycles. The van der Waals surface area contributed by atoms with Gasteiger partial charge in [-0.1, -0.05) is 6.92 Å². The summed E-state index contributed by atoms with van der Waals surface area (Å²) in [4.78, 5) is 1.82. The molecule has 1 aliphatic rings. The number of hydrogen-bond acceptors (Lipinski definition) is 7. The van der Waals surface area contributed by atoms with Crippen LogP contribution in [0.5, 0.6) is 0 Å². The Morgan fingerprint density at radius 3 is 2.33 bits per heavy atom. The molecule has 1 unspecified atom stereocenters. The lowest BCUT2D eigenvalue weighted by Gasteiger charge is -2.27. The van der Waals surface area contributed by atoms with Crippen molar-refractivity contribution < 1.29 is 29.9 Å². The van der Waals surface area contributed by atoms with Crippen LogP contribution in [0.15, 0.2) is 0 Å². The highest BCUT2D eigenvalue weighted by Gasteiger charge is 2.47. The zero-order chi connectivity index (χ0) is 13.9. The van der Waals surface area contributed by atoms with Crippen molar-refractivity contribution in [3.63, 3.8) is 0 Å². The van der Waals surface area contributed by atoms with E-state index >= 15 is 0 Å². The third kappa shape index (κ3) is 3.39. The molecule has 7 nitrogen and oxygen atoms in total. The molecule has 0 aromatic carbocycles. The van der Waals surface area contributed by atoms with Crippen LogP contribution in [0, 0.1) is 0 Å². The topological polar surface area (TPSA) is 103 Å². The van der Waals surface area contributed by atoms with Crippen LogP contribution in [0.3, 0.4) is 0 Å². The van der Waals surface area contributed by atoms with Crippen molar-refractivity contribution in [3.05, 3.63) is 0 Å². The molecule has 0 saturated carbocycles. The van der Waals surface area contributed by atoms with Crippen molar-refractivity contribution in [1.82, 2.24) is 4.90 Å². The molecular formula is C11H23NO6. The molecule has 0 bridgehead atoms. The fraction of sp³-hybridized carbons (Fsp3) is 1.00. The average molecular weight is 265 g/mol. The van der Waals surface area contributed by atoms with Crippen LogP contribution in [-0.2, 0) is 9.47 Å². The normalized spacial score (nSPS) is 36.0. The van der Waals surface area contributed by atoms with E-state index < -0.39 is 37.3 Å². The molecule has 1 heterocycles. The van der Waals surface area contributed by atoms with Crippen molar-refractivity contribution in [1.29, 1.82) is 0 Å². The van der Waals surface area contributed by atoms with Crippen LogP contribution >= 0.6 is 0 Å². The van der Waals surface area contributed by atoms with Gasteiger partial charge in [-0.3, -0.25) is 4.90 Å². The predicted octanol–water partition coefficient (Wildman–Crippen LogP) is -1.90. The lowest BCUT2D eigenvalue weighted by atomic mass is 10.1. The molecule has 0 aromatic heterocycles. The van der Waals surface area contributed by atoms with Gasteiger partial charge < -0.3 is 29.9 Å². The number of nitrogens with zero attached hydrogens (tertiary/aromatic N) is 1. The highest BCUT2D eigenvalue weighted by Crippen LogP contribution is 2.26. The van der Waals surface area contributed by atoms with Gasteiger partial charge in [-0.2, -0.15) is 0 Å². The first-order valence-electron chi connectivity index (χ1n) is 6.04. The molecule has 0 radical (unpaired) electrons. The fourth-order valence-corrected chi connectivity index (χ4v) is 1.94. The summed E-state index contributed by atoms with van der Waals surface area (Å²) >= 11 is 0. The van der Waals surface area contributed by atoms with Crippen molar-refractivity contribution in [2.24, 2.45) is 0 Å². The lowest BCUT2D eigenvalue weighted by molar-refractivity contribution is -0.225. The quantitative estimate of drug-likeness (QED) is 0.416. The molecule has 0 aliphatic carbocycles. The maximum absolute atomic E-state index is 9.79. The molecule has 1 fully saturated rings. The van der Waals surface area contributed by atoms with E-state index in [-0.39, 0.29) is 6.23 Å². The molecule has 18 heavy (non-hydrogen) atoms. The van der Waals surface area contributed by atoms with Gasteiger partial charge in [-0.15, -0.1) is 0 Å². The second kappa shape index (κ2) is 6.76. The van der Waals surface area contributed by atoms with E-state index in [0.717, 1.165) is 0 Å². The zero-order valence-electron chi connectivity index (χ0n) is 10.9. The van der Waals surface area contributed by atoms with Gasteiger partial charge in [0.1, 0.15) is 30.6 Å². The first-order valence-corrected chi connectivity index (χ1v) is 6.04. The number of ether oxygens (including phenoxy) is 2. The minimum atomic E-state index is -1.28. The highest BCUT2D eigenvalue weighted by atomic mass is 16.7. The average Bonchev–Trinajstić information content (AvgIpc) is 2.62. The Labute approximate surface area is 107 Å². The maximum atomic E-state index is 9.79. The van der Waals surface area contributed by atoms with Crippen molar-refractivity contribution in [2.75, 3.05) is 20.7 Å². The Kier molecular flexibility index (Phi) is 5.93. The zero-order valence-corrected chi connectivity index (χ0v) is 10.9. The maximum Gasteiger partial charge on any atom is 0.188 e. The van der Waals surface area contributed by atoms with Crippen molar-refractivity contribution in [3.8, 4) is 0 Å². The van der Waals surface area contributed by atoms with E-state index in [2.05, 4.69) is 0 Å². The smallest absolute Gasteiger partial charge is 0.188 e. The van der Waals surface area contributed by atoms with Gasteiger partial charge in [0.25, 0.3) is 0 Å². The van der Waals surface area contributed by atoms with Gasteiger partial charge in [-0.05, 0) is 20.5 Å². The van der Waals surface area contributed by atoms with Gasteiger partial charge in [0, 0.05) is 0 Å². The van der Waals surface area contributed by atoms with Crippen LogP contribution in [0.1, 0.15) is 13.3 Å². The van der Waals surface area contributed by atoms with Crippen LogP contribution in [-0.4, -0.2) is 83.0 Å². The van der Waals surface area contributed by atoms with Gasteiger partial charge >= 0.3 is 0 Å². The standard InChI is InChI=1S/C11H23NO6/c1-4-7(12(2)3)17-11-9(16)8(15)10(18-11)6(14)5-13/h6-11,13-16H,4-5H2,1-3H3/t6-,7?,8+,9-,10-,11+/m1/s1.